The van der Waals surface area contributed by atoms with Gasteiger partial charge in [-0.15, -0.1) is 0 Å². The minimum Gasteiger partial charge on any atom is -0.352 e. The van der Waals surface area contributed by atoms with Crippen molar-refractivity contribution in [2.24, 2.45) is 11.3 Å². The van der Waals surface area contributed by atoms with E-state index in [0.29, 0.717) is 18.5 Å². The number of amides is 2. The topological polar surface area (TPSA) is 52.7 Å². The third-order valence-electron chi connectivity index (χ3n) is 6.45. The first-order chi connectivity index (χ1) is 13.7. The molecule has 0 saturated carbocycles. The monoisotopic (exact) mass is 423 g/mol. The van der Waals surface area contributed by atoms with Gasteiger partial charge in [0.05, 0.1) is 0 Å². The van der Waals surface area contributed by atoms with Gasteiger partial charge in [0.1, 0.15) is 5.82 Å². The van der Waals surface area contributed by atoms with E-state index in [1.54, 1.807) is 0 Å². The first-order valence-electron chi connectivity index (χ1n) is 10.5. The normalized spacial score (nSPS) is 19.1. The molecule has 0 aromatic heterocycles. The lowest BCUT2D eigenvalue weighted by Crippen LogP contribution is -2.64. The van der Waals surface area contributed by atoms with Gasteiger partial charge >= 0.3 is 0 Å². The summed E-state index contributed by atoms with van der Waals surface area (Å²) in [5.41, 5.74) is -0.0242. The Hall–Kier alpha value is -1.66. The molecule has 160 valence electrons. The van der Waals surface area contributed by atoms with Crippen LogP contribution in [0.5, 0.6) is 0 Å². The predicted octanol–water partition coefficient (Wildman–Crippen LogP) is 3.57. The van der Waals surface area contributed by atoms with Crippen molar-refractivity contribution < 1.29 is 14.0 Å². The average Bonchev–Trinajstić information content (AvgIpc) is 2.65. The van der Waals surface area contributed by atoms with E-state index in [0.717, 1.165) is 45.4 Å². The van der Waals surface area contributed by atoms with Gasteiger partial charge in [0.15, 0.2) is 0 Å². The fraction of sp³-hybridized carbons (Fsp3) is 0.636. The highest BCUT2D eigenvalue weighted by Crippen LogP contribution is 2.29. The molecule has 2 fully saturated rings. The van der Waals surface area contributed by atoms with Gasteiger partial charge in [0, 0.05) is 41.7 Å². The number of hydrogen-bond donors (Lipinski definition) is 1. The zero-order valence-corrected chi connectivity index (χ0v) is 18.3. The van der Waals surface area contributed by atoms with Gasteiger partial charge in [0.25, 0.3) is 5.91 Å². The van der Waals surface area contributed by atoms with Crippen LogP contribution < -0.4 is 5.32 Å². The van der Waals surface area contributed by atoms with Crippen LogP contribution in [0.2, 0.25) is 5.02 Å². The van der Waals surface area contributed by atoms with Crippen LogP contribution in [-0.2, 0) is 4.79 Å². The number of carbonyl (C=O) groups is 2. The van der Waals surface area contributed by atoms with E-state index in [4.69, 9.17) is 11.6 Å². The van der Waals surface area contributed by atoms with Crippen LogP contribution in [0.25, 0.3) is 0 Å². The average molecular weight is 424 g/mol. The third-order valence-corrected chi connectivity index (χ3v) is 6.67. The Morgan fingerprint density at radius 1 is 1.21 bits per heavy atom. The van der Waals surface area contributed by atoms with Crippen LogP contribution in [-0.4, -0.2) is 60.4 Å². The quantitative estimate of drug-likeness (QED) is 0.761. The summed E-state index contributed by atoms with van der Waals surface area (Å²) in [5, 5.41) is 3.13. The van der Waals surface area contributed by atoms with Crippen LogP contribution in [0.15, 0.2) is 18.2 Å². The standard InChI is InChI=1S/C22H31ClFN3O2/c1-4-22(2,3)21(29)27-13-19(14-27)26-7-5-15(6-8-26)12-25-20(28)16-9-17(23)11-18(24)10-16/h9-11,15,19H,4-8,12-14H2,1-3H3,(H,25,28). The Morgan fingerprint density at radius 2 is 1.86 bits per heavy atom. The van der Waals surface area contributed by atoms with E-state index in [-0.39, 0.29) is 27.8 Å². The zero-order valence-electron chi connectivity index (χ0n) is 17.5. The number of halogens is 2. The summed E-state index contributed by atoms with van der Waals surface area (Å²) in [6.07, 6.45) is 2.87. The third kappa shape index (κ3) is 5.28. The maximum Gasteiger partial charge on any atom is 0.251 e. The molecule has 5 nitrogen and oxygen atoms in total. The Balaban J connectivity index is 1.39. The molecule has 7 heteroatoms. The van der Waals surface area contributed by atoms with Crippen molar-refractivity contribution >= 4 is 23.4 Å². The molecule has 0 atom stereocenters. The van der Waals surface area contributed by atoms with Crippen LogP contribution in [0.1, 0.15) is 50.4 Å². The summed E-state index contributed by atoms with van der Waals surface area (Å²) in [4.78, 5) is 29.2. The van der Waals surface area contributed by atoms with Crippen molar-refractivity contribution in [1.82, 2.24) is 15.1 Å². The van der Waals surface area contributed by atoms with E-state index in [1.165, 1.54) is 18.2 Å². The zero-order chi connectivity index (χ0) is 21.2. The number of nitrogens with zero attached hydrogens (tertiary/aromatic N) is 2. The molecule has 2 aliphatic rings. The molecular formula is C22H31ClFN3O2. The molecular weight excluding hydrogens is 393 g/mol. The first kappa shape index (κ1) is 22.0. The number of piperidine rings is 1. The van der Waals surface area contributed by atoms with Gasteiger partial charge in [0.2, 0.25) is 5.91 Å². The Kier molecular flexibility index (Phi) is 6.84. The number of rotatable bonds is 6. The van der Waals surface area contributed by atoms with Crippen molar-refractivity contribution in [3.05, 3.63) is 34.6 Å². The number of likely N-dealkylation sites (tertiary alicyclic amines) is 2. The summed E-state index contributed by atoms with van der Waals surface area (Å²) >= 11 is 5.82. The molecule has 2 amide bonds. The second-order valence-electron chi connectivity index (χ2n) is 8.95. The molecule has 0 aliphatic carbocycles. The molecule has 0 spiro atoms. The van der Waals surface area contributed by atoms with Crippen molar-refractivity contribution in [3.8, 4) is 0 Å². The van der Waals surface area contributed by atoms with Gasteiger partial charge in [-0.05, 0) is 56.5 Å². The van der Waals surface area contributed by atoms with Crippen molar-refractivity contribution in [2.45, 2.75) is 46.1 Å². The summed E-state index contributed by atoms with van der Waals surface area (Å²) in [6.45, 7) is 10.3. The van der Waals surface area contributed by atoms with Crippen molar-refractivity contribution in [2.75, 3.05) is 32.7 Å². The van der Waals surface area contributed by atoms with Gasteiger partial charge in [-0.1, -0.05) is 32.4 Å². The smallest absolute Gasteiger partial charge is 0.251 e. The fourth-order valence-electron chi connectivity index (χ4n) is 3.98. The summed E-state index contributed by atoms with van der Waals surface area (Å²) in [5.74, 6) is -0.130. The van der Waals surface area contributed by atoms with E-state index in [9.17, 15) is 14.0 Å². The first-order valence-corrected chi connectivity index (χ1v) is 10.8. The highest BCUT2D eigenvalue weighted by atomic mass is 35.5. The molecule has 0 bridgehead atoms. The van der Waals surface area contributed by atoms with Crippen LogP contribution in [0.3, 0.4) is 0 Å². The Labute approximate surface area is 177 Å². The van der Waals surface area contributed by atoms with Gasteiger partial charge in [-0.3, -0.25) is 14.5 Å². The summed E-state index contributed by atoms with van der Waals surface area (Å²) in [6, 6.07) is 4.32. The fourth-order valence-corrected chi connectivity index (χ4v) is 4.20. The molecule has 1 aromatic rings. The molecule has 3 rings (SSSR count). The van der Waals surface area contributed by atoms with Gasteiger partial charge in [-0.2, -0.15) is 0 Å². The molecule has 0 unspecified atom stereocenters. The van der Waals surface area contributed by atoms with E-state index < -0.39 is 5.82 Å². The van der Waals surface area contributed by atoms with Gasteiger partial charge in [-0.25, -0.2) is 4.39 Å². The maximum absolute atomic E-state index is 13.4. The number of benzene rings is 1. The lowest BCUT2D eigenvalue weighted by atomic mass is 9.86. The minimum absolute atomic E-state index is 0.221. The van der Waals surface area contributed by atoms with E-state index in [1.807, 2.05) is 18.7 Å². The molecule has 1 N–H and O–H groups in total. The second kappa shape index (κ2) is 9.00. The lowest BCUT2D eigenvalue weighted by molar-refractivity contribution is -0.148. The Bertz CT molecular complexity index is 736. The molecule has 0 radical (unpaired) electrons. The SMILES string of the molecule is CCC(C)(C)C(=O)N1CC(N2CCC(CNC(=O)c3cc(F)cc(Cl)c3)CC2)C1. The maximum atomic E-state index is 13.4. The van der Waals surface area contributed by atoms with Gasteiger partial charge < -0.3 is 10.2 Å². The molecule has 29 heavy (non-hydrogen) atoms. The van der Waals surface area contributed by atoms with Crippen LogP contribution in [0.4, 0.5) is 4.39 Å². The largest absolute Gasteiger partial charge is 0.352 e. The van der Waals surface area contributed by atoms with Crippen LogP contribution in [0, 0.1) is 17.2 Å². The van der Waals surface area contributed by atoms with E-state index in [2.05, 4.69) is 17.1 Å². The number of carbonyl (C=O) groups excluding carboxylic acids is 2. The number of nitrogens with one attached hydrogen (secondary N) is 1. The minimum atomic E-state index is -0.508. The predicted molar refractivity (Wildman–Crippen MR) is 112 cm³/mol. The lowest BCUT2D eigenvalue weighted by Gasteiger charge is -2.49. The molecule has 2 aliphatic heterocycles. The van der Waals surface area contributed by atoms with E-state index >= 15 is 0 Å². The van der Waals surface area contributed by atoms with Crippen molar-refractivity contribution in [1.29, 1.82) is 0 Å². The highest BCUT2D eigenvalue weighted by molar-refractivity contribution is 6.31. The number of hydrogen-bond acceptors (Lipinski definition) is 3. The van der Waals surface area contributed by atoms with Crippen LogP contribution >= 0.6 is 11.6 Å². The molecule has 2 heterocycles. The Morgan fingerprint density at radius 3 is 2.45 bits per heavy atom. The van der Waals surface area contributed by atoms with Crippen molar-refractivity contribution in [3.63, 3.8) is 0 Å². The summed E-state index contributed by atoms with van der Waals surface area (Å²) < 4.78 is 13.4. The molecule has 1 aromatic carbocycles. The highest BCUT2D eigenvalue weighted by Gasteiger charge is 2.40. The molecule has 2 saturated heterocycles. The second-order valence-corrected chi connectivity index (χ2v) is 9.39. The summed E-state index contributed by atoms with van der Waals surface area (Å²) in [7, 11) is 0.